The molecule has 0 saturated heterocycles. The van der Waals surface area contributed by atoms with Crippen LogP contribution < -0.4 is 16.8 Å². The predicted molar refractivity (Wildman–Crippen MR) is 82.7 cm³/mol. The molecule has 1 heterocycles. The smallest absolute Gasteiger partial charge is 0.251 e. The number of amides is 2. The molecule has 0 aliphatic carbocycles. The molecule has 1 aromatic rings. The molecular weight excluding hydrogens is 268 g/mol. The SMILES string of the molecule is CC(C)(CC(N)=O)NC(=O)c1cc(N)nc(C(C)(C)C)c1. The van der Waals surface area contributed by atoms with E-state index in [1.54, 1.807) is 19.9 Å². The van der Waals surface area contributed by atoms with Gasteiger partial charge in [-0.2, -0.15) is 0 Å². The molecule has 0 aliphatic heterocycles. The lowest BCUT2D eigenvalue weighted by atomic mass is 9.90. The maximum Gasteiger partial charge on any atom is 0.251 e. The Morgan fingerprint density at radius 2 is 1.76 bits per heavy atom. The highest BCUT2D eigenvalue weighted by atomic mass is 16.2. The fraction of sp³-hybridized carbons (Fsp3) is 0.533. The summed E-state index contributed by atoms with van der Waals surface area (Å²) in [6.45, 7) is 9.46. The minimum atomic E-state index is -0.719. The third-order valence-corrected chi connectivity index (χ3v) is 2.94. The van der Waals surface area contributed by atoms with Crippen molar-refractivity contribution in [3.63, 3.8) is 0 Å². The number of hydrogen-bond donors (Lipinski definition) is 3. The van der Waals surface area contributed by atoms with Crippen molar-refractivity contribution >= 4 is 17.6 Å². The highest BCUT2D eigenvalue weighted by molar-refractivity contribution is 5.95. The van der Waals surface area contributed by atoms with Crippen molar-refractivity contribution in [3.8, 4) is 0 Å². The number of aromatic nitrogens is 1. The summed E-state index contributed by atoms with van der Waals surface area (Å²) in [6, 6.07) is 3.23. The summed E-state index contributed by atoms with van der Waals surface area (Å²) >= 11 is 0. The van der Waals surface area contributed by atoms with Crippen molar-refractivity contribution < 1.29 is 9.59 Å². The van der Waals surface area contributed by atoms with Gasteiger partial charge in [0.1, 0.15) is 5.82 Å². The third-order valence-electron chi connectivity index (χ3n) is 2.94. The fourth-order valence-electron chi connectivity index (χ4n) is 1.93. The van der Waals surface area contributed by atoms with Crippen LogP contribution in [0.5, 0.6) is 0 Å². The lowest BCUT2D eigenvalue weighted by Gasteiger charge is -2.25. The van der Waals surface area contributed by atoms with Gasteiger partial charge in [0.15, 0.2) is 0 Å². The standard InChI is InChI=1S/C15H24N4O2/c1-14(2,3)10-6-9(7-11(16)18-10)13(21)19-15(4,5)8-12(17)20/h6-7H,8H2,1-5H3,(H2,16,18)(H2,17,20)(H,19,21). The van der Waals surface area contributed by atoms with E-state index in [1.807, 2.05) is 20.8 Å². The zero-order chi connectivity index (χ0) is 16.4. The van der Waals surface area contributed by atoms with E-state index in [9.17, 15) is 9.59 Å². The zero-order valence-electron chi connectivity index (χ0n) is 13.3. The van der Waals surface area contributed by atoms with Crippen molar-refractivity contribution in [2.24, 2.45) is 5.73 Å². The number of nitrogens with two attached hydrogens (primary N) is 2. The van der Waals surface area contributed by atoms with Crippen molar-refractivity contribution in [1.29, 1.82) is 0 Å². The average Bonchev–Trinajstić information content (AvgIpc) is 2.24. The van der Waals surface area contributed by atoms with Crippen molar-refractivity contribution in [2.75, 3.05) is 5.73 Å². The van der Waals surface area contributed by atoms with Crippen LogP contribution in [0.3, 0.4) is 0 Å². The van der Waals surface area contributed by atoms with E-state index >= 15 is 0 Å². The molecule has 0 saturated carbocycles. The van der Waals surface area contributed by atoms with E-state index in [4.69, 9.17) is 11.5 Å². The van der Waals surface area contributed by atoms with Crippen LogP contribution in [-0.2, 0) is 10.2 Å². The maximum absolute atomic E-state index is 12.3. The van der Waals surface area contributed by atoms with Crippen molar-refractivity contribution in [3.05, 3.63) is 23.4 Å². The summed E-state index contributed by atoms with van der Waals surface area (Å²) < 4.78 is 0. The summed E-state index contributed by atoms with van der Waals surface area (Å²) in [6.07, 6.45) is 0.0609. The van der Waals surface area contributed by atoms with E-state index < -0.39 is 11.4 Å². The van der Waals surface area contributed by atoms with Gasteiger partial charge in [-0.25, -0.2) is 4.98 Å². The predicted octanol–water partition coefficient (Wildman–Crippen LogP) is 1.35. The number of anilines is 1. The topological polar surface area (TPSA) is 111 Å². The molecule has 0 unspecified atom stereocenters. The molecule has 2 amide bonds. The number of hydrogen-bond acceptors (Lipinski definition) is 4. The third kappa shape index (κ3) is 5.06. The number of nitrogens with one attached hydrogen (secondary N) is 1. The highest BCUT2D eigenvalue weighted by Crippen LogP contribution is 2.23. The summed E-state index contributed by atoms with van der Waals surface area (Å²) in [4.78, 5) is 27.6. The molecule has 1 aromatic heterocycles. The molecule has 6 nitrogen and oxygen atoms in total. The van der Waals surface area contributed by atoms with E-state index in [0.29, 0.717) is 11.4 Å². The molecule has 0 spiro atoms. The average molecular weight is 292 g/mol. The number of nitrogen functional groups attached to an aromatic ring is 1. The number of primary amides is 1. The van der Waals surface area contributed by atoms with Crippen LogP contribution in [0.25, 0.3) is 0 Å². The van der Waals surface area contributed by atoms with E-state index in [1.165, 1.54) is 6.07 Å². The molecule has 0 aromatic carbocycles. The van der Waals surface area contributed by atoms with E-state index in [-0.39, 0.29) is 17.7 Å². The monoisotopic (exact) mass is 292 g/mol. The van der Waals surface area contributed by atoms with Gasteiger partial charge < -0.3 is 16.8 Å². The second kappa shape index (κ2) is 5.71. The lowest BCUT2D eigenvalue weighted by Crippen LogP contribution is -2.46. The molecular formula is C15H24N4O2. The van der Waals surface area contributed by atoms with Crippen LogP contribution in [0.1, 0.15) is 57.1 Å². The molecule has 5 N–H and O–H groups in total. The number of carbonyl (C=O) groups is 2. The van der Waals surface area contributed by atoms with Crippen LogP contribution in [-0.4, -0.2) is 22.3 Å². The Morgan fingerprint density at radius 3 is 2.24 bits per heavy atom. The van der Waals surface area contributed by atoms with Gasteiger partial charge in [0, 0.05) is 28.6 Å². The Hall–Kier alpha value is -2.11. The first-order valence-electron chi connectivity index (χ1n) is 6.79. The number of carbonyl (C=O) groups excluding carboxylic acids is 2. The van der Waals surface area contributed by atoms with Crippen LogP contribution >= 0.6 is 0 Å². The molecule has 0 radical (unpaired) electrons. The zero-order valence-corrected chi connectivity index (χ0v) is 13.3. The molecule has 116 valence electrons. The molecule has 0 aliphatic rings. The largest absolute Gasteiger partial charge is 0.384 e. The van der Waals surface area contributed by atoms with Crippen LogP contribution in [0, 0.1) is 0 Å². The molecule has 1 rings (SSSR count). The Balaban J connectivity index is 3.03. The van der Waals surface area contributed by atoms with Gasteiger partial charge in [-0.05, 0) is 26.0 Å². The van der Waals surface area contributed by atoms with Gasteiger partial charge in [0.25, 0.3) is 5.91 Å². The van der Waals surface area contributed by atoms with Crippen molar-refractivity contribution in [1.82, 2.24) is 10.3 Å². The first kappa shape index (κ1) is 16.9. The Morgan fingerprint density at radius 1 is 1.19 bits per heavy atom. The Kier molecular flexibility index (Phi) is 4.61. The lowest BCUT2D eigenvalue weighted by molar-refractivity contribution is -0.119. The summed E-state index contributed by atoms with van der Waals surface area (Å²) in [5, 5.41) is 2.79. The Bertz CT molecular complexity index is 559. The van der Waals surface area contributed by atoms with Crippen LogP contribution in [0.4, 0.5) is 5.82 Å². The van der Waals surface area contributed by atoms with Crippen molar-refractivity contribution in [2.45, 2.75) is 52.0 Å². The summed E-state index contributed by atoms with van der Waals surface area (Å²) in [7, 11) is 0. The quantitative estimate of drug-likeness (QED) is 0.777. The van der Waals surface area contributed by atoms with Gasteiger partial charge in [-0.1, -0.05) is 20.8 Å². The minimum absolute atomic E-state index is 0.0609. The highest BCUT2D eigenvalue weighted by Gasteiger charge is 2.25. The van der Waals surface area contributed by atoms with Gasteiger partial charge in [-0.15, -0.1) is 0 Å². The van der Waals surface area contributed by atoms with Gasteiger partial charge in [0.05, 0.1) is 0 Å². The normalized spacial score (nSPS) is 12.0. The molecule has 0 bridgehead atoms. The number of pyridine rings is 1. The maximum atomic E-state index is 12.3. The molecule has 0 atom stereocenters. The van der Waals surface area contributed by atoms with Gasteiger partial charge in [0.2, 0.25) is 5.91 Å². The second-order valence-corrected chi connectivity index (χ2v) is 6.90. The molecule has 6 heteroatoms. The van der Waals surface area contributed by atoms with Crippen LogP contribution in [0.2, 0.25) is 0 Å². The molecule has 21 heavy (non-hydrogen) atoms. The number of rotatable bonds is 4. The van der Waals surface area contributed by atoms with Crippen LogP contribution in [0.15, 0.2) is 12.1 Å². The number of nitrogens with zero attached hydrogens (tertiary/aromatic N) is 1. The second-order valence-electron chi connectivity index (χ2n) is 6.90. The van der Waals surface area contributed by atoms with Gasteiger partial charge in [-0.3, -0.25) is 9.59 Å². The first-order chi connectivity index (χ1) is 9.40. The molecule has 0 fully saturated rings. The fourth-order valence-corrected chi connectivity index (χ4v) is 1.93. The van der Waals surface area contributed by atoms with E-state index in [0.717, 1.165) is 5.69 Å². The summed E-state index contributed by atoms with van der Waals surface area (Å²) in [5.41, 5.74) is 11.2. The Labute approximate surface area is 125 Å². The van der Waals surface area contributed by atoms with Gasteiger partial charge >= 0.3 is 0 Å². The summed E-state index contributed by atoms with van der Waals surface area (Å²) in [5.74, 6) is -0.481. The minimum Gasteiger partial charge on any atom is -0.384 e. The van der Waals surface area contributed by atoms with E-state index in [2.05, 4.69) is 10.3 Å². The first-order valence-corrected chi connectivity index (χ1v) is 6.79.